The van der Waals surface area contributed by atoms with Gasteiger partial charge in [-0.1, -0.05) is 0 Å². The molecule has 0 fully saturated rings. The van der Waals surface area contributed by atoms with E-state index in [1.165, 1.54) is 0 Å². The molecule has 12 heavy (non-hydrogen) atoms. The number of rotatable bonds is 0. The lowest BCUT2D eigenvalue weighted by atomic mass is 10.2. The van der Waals surface area contributed by atoms with Crippen LogP contribution in [0.4, 0.5) is 0 Å². The molecular formula is C7H6BrN3O. The summed E-state index contributed by atoms with van der Waals surface area (Å²) in [6, 6.07) is 1.65. The van der Waals surface area contributed by atoms with E-state index in [0.29, 0.717) is 9.99 Å². The van der Waals surface area contributed by atoms with Gasteiger partial charge in [0.1, 0.15) is 16.8 Å². The largest absolute Gasteiger partial charge is 0.507 e. The standard InChI is InChI=1S/C7H6BrN3O/c1-3-2-4(12)5(8)7-6(3)9-11-10-7/h2,12H,1H3,(H,9,10,11). The number of halogens is 1. The van der Waals surface area contributed by atoms with Crippen LogP contribution in [-0.2, 0) is 0 Å². The number of aromatic hydroxyl groups is 1. The number of phenolic OH excluding ortho intramolecular Hbond substituents is 1. The van der Waals surface area contributed by atoms with Crippen molar-refractivity contribution in [3.8, 4) is 5.75 Å². The van der Waals surface area contributed by atoms with Crippen molar-refractivity contribution < 1.29 is 5.11 Å². The molecule has 0 aliphatic heterocycles. The Hall–Kier alpha value is -1.10. The second kappa shape index (κ2) is 2.45. The summed E-state index contributed by atoms with van der Waals surface area (Å²) in [6.45, 7) is 1.87. The van der Waals surface area contributed by atoms with Crippen molar-refractivity contribution in [3.63, 3.8) is 0 Å². The van der Waals surface area contributed by atoms with Crippen LogP contribution >= 0.6 is 15.9 Å². The highest BCUT2D eigenvalue weighted by atomic mass is 79.9. The van der Waals surface area contributed by atoms with Gasteiger partial charge in [0.15, 0.2) is 0 Å². The average molecular weight is 228 g/mol. The lowest BCUT2D eigenvalue weighted by Gasteiger charge is -1.98. The number of nitrogens with zero attached hydrogens (tertiary/aromatic N) is 2. The highest BCUT2D eigenvalue weighted by molar-refractivity contribution is 9.10. The molecule has 5 heteroatoms. The summed E-state index contributed by atoms with van der Waals surface area (Å²) in [4.78, 5) is 0. The number of fused-ring (bicyclic) bond motifs is 1. The lowest BCUT2D eigenvalue weighted by Crippen LogP contribution is -1.79. The smallest absolute Gasteiger partial charge is 0.132 e. The topological polar surface area (TPSA) is 61.8 Å². The van der Waals surface area contributed by atoms with E-state index in [2.05, 4.69) is 31.3 Å². The Morgan fingerprint density at radius 3 is 2.83 bits per heavy atom. The van der Waals surface area contributed by atoms with Gasteiger partial charge in [0, 0.05) is 0 Å². The molecule has 0 saturated heterocycles. The molecule has 0 amide bonds. The summed E-state index contributed by atoms with van der Waals surface area (Å²) in [5, 5.41) is 19.7. The van der Waals surface area contributed by atoms with Crippen molar-refractivity contribution >= 4 is 27.0 Å². The van der Waals surface area contributed by atoms with Crippen LogP contribution in [0.25, 0.3) is 11.0 Å². The molecule has 0 radical (unpaired) electrons. The Kier molecular flexibility index (Phi) is 1.54. The fourth-order valence-corrected chi connectivity index (χ4v) is 1.51. The third-order valence-corrected chi connectivity index (χ3v) is 2.49. The number of H-pyrrole nitrogens is 1. The van der Waals surface area contributed by atoms with Gasteiger partial charge in [-0.3, -0.25) is 0 Å². The van der Waals surface area contributed by atoms with E-state index in [1.54, 1.807) is 6.07 Å². The molecule has 0 aliphatic carbocycles. The van der Waals surface area contributed by atoms with Crippen molar-refractivity contribution in [1.29, 1.82) is 0 Å². The molecule has 4 nitrogen and oxygen atoms in total. The molecule has 1 heterocycles. The number of phenols is 1. The van der Waals surface area contributed by atoms with Gasteiger partial charge in [0.25, 0.3) is 0 Å². The van der Waals surface area contributed by atoms with E-state index in [0.717, 1.165) is 11.1 Å². The Bertz CT molecular complexity index is 437. The van der Waals surface area contributed by atoms with Crippen LogP contribution in [0.1, 0.15) is 5.56 Å². The van der Waals surface area contributed by atoms with Gasteiger partial charge >= 0.3 is 0 Å². The van der Waals surface area contributed by atoms with Crippen LogP contribution < -0.4 is 0 Å². The molecule has 2 N–H and O–H groups in total. The molecule has 1 aromatic heterocycles. The van der Waals surface area contributed by atoms with Crippen LogP contribution in [-0.4, -0.2) is 20.5 Å². The molecule has 1 aromatic carbocycles. The quantitative estimate of drug-likeness (QED) is 0.721. The second-order valence-electron chi connectivity index (χ2n) is 2.55. The number of hydrogen-bond donors (Lipinski definition) is 2. The summed E-state index contributed by atoms with van der Waals surface area (Å²) < 4.78 is 0.580. The lowest BCUT2D eigenvalue weighted by molar-refractivity contribution is 0.472. The minimum Gasteiger partial charge on any atom is -0.507 e. The maximum atomic E-state index is 9.39. The monoisotopic (exact) mass is 227 g/mol. The first kappa shape index (κ1) is 7.54. The first-order valence-electron chi connectivity index (χ1n) is 3.38. The van der Waals surface area contributed by atoms with E-state index < -0.39 is 0 Å². The van der Waals surface area contributed by atoms with Crippen LogP contribution in [0.3, 0.4) is 0 Å². The molecule has 0 unspecified atom stereocenters. The van der Waals surface area contributed by atoms with Gasteiger partial charge in [-0.05, 0) is 34.5 Å². The van der Waals surface area contributed by atoms with Crippen molar-refractivity contribution in [1.82, 2.24) is 15.4 Å². The second-order valence-corrected chi connectivity index (χ2v) is 3.34. The van der Waals surface area contributed by atoms with Gasteiger partial charge in [-0.2, -0.15) is 15.4 Å². The van der Waals surface area contributed by atoms with Crippen molar-refractivity contribution in [3.05, 3.63) is 16.1 Å². The Balaban J connectivity index is 2.97. The SMILES string of the molecule is Cc1cc(O)c(Br)c2n[nH]nc12. The fourth-order valence-electron chi connectivity index (χ4n) is 1.12. The van der Waals surface area contributed by atoms with Crippen LogP contribution in [0.5, 0.6) is 5.75 Å². The van der Waals surface area contributed by atoms with E-state index >= 15 is 0 Å². The summed E-state index contributed by atoms with van der Waals surface area (Å²) in [7, 11) is 0. The van der Waals surface area contributed by atoms with Crippen LogP contribution in [0.2, 0.25) is 0 Å². The average Bonchev–Trinajstić information content (AvgIpc) is 2.48. The van der Waals surface area contributed by atoms with E-state index in [1.807, 2.05) is 6.92 Å². The molecule has 0 aliphatic rings. The van der Waals surface area contributed by atoms with Crippen LogP contribution in [0, 0.1) is 6.92 Å². The first-order chi connectivity index (χ1) is 5.70. The molecule has 2 rings (SSSR count). The fraction of sp³-hybridized carbons (Fsp3) is 0.143. The number of aromatic amines is 1. The highest BCUT2D eigenvalue weighted by Crippen LogP contribution is 2.31. The summed E-state index contributed by atoms with van der Waals surface area (Å²) in [5.41, 5.74) is 2.34. The van der Waals surface area contributed by atoms with Gasteiger partial charge in [0.05, 0.1) is 4.47 Å². The van der Waals surface area contributed by atoms with Crippen molar-refractivity contribution in [2.24, 2.45) is 0 Å². The summed E-state index contributed by atoms with van der Waals surface area (Å²) >= 11 is 3.22. The van der Waals surface area contributed by atoms with Gasteiger partial charge in [0.2, 0.25) is 0 Å². The minimum atomic E-state index is 0.189. The molecule has 0 bridgehead atoms. The molecule has 0 atom stereocenters. The molecule has 0 saturated carbocycles. The minimum absolute atomic E-state index is 0.189. The molecule has 0 spiro atoms. The number of nitrogens with one attached hydrogen (secondary N) is 1. The predicted molar refractivity (Wildman–Crippen MR) is 48.0 cm³/mol. The number of benzene rings is 1. The number of hydrogen-bond acceptors (Lipinski definition) is 3. The third-order valence-electron chi connectivity index (χ3n) is 1.71. The normalized spacial score (nSPS) is 10.8. The Morgan fingerprint density at radius 2 is 2.08 bits per heavy atom. The summed E-state index contributed by atoms with van der Waals surface area (Å²) in [5.74, 6) is 0.189. The number of aromatic nitrogens is 3. The first-order valence-corrected chi connectivity index (χ1v) is 4.18. The van der Waals surface area contributed by atoms with Gasteiger partial charge < -0.3 is 5.11 Å². The van der Waals surface area contributed by atoms with E-state index in [4.69, 9.17) is 0 Å². The Labute approximate surface area is 76.7 Å². The Morgan fingerprint density at radius 1 is 1.42 bits per heavy atom. The van der Waals surface area contributed by atoms with Gasteiger partial charge in [-0.15, -0.1) is 0 Å². The summed E-state index contributed by atoms with van der Waals surface area (Å²) in [6.07, 6.45) is 0. The molecule has 2 aromatic rings. The zero-order chi connectivity index (χ0) is 8.72. The van der Waals surface area contributed by atoms with Crippen LogP contribution in [0.15, 0.2) is 10.5 Å². The zero-order valence-electron chi connectivity index (χ0n) is 6.30. The zero-order valence-corrected chi connectivity index (χ0v) is 7.88. The van der Waals surface area contributed by atoms with Crippen molar-refractivity contribution in [2.45, 2.75) is 6.92 Å². The van der Waals surface area contributed by atoms with E-state index in [9.17, 15) is 5.11 Å². The van der Waals surface area contributed by atoms with Crippen molar-refractivity contribution in [2.75, 3.05) is 0 Å². The van der Waals surface area contributed by atoms with E-state index in [-0.39, 0.29) is 5.75 Å². The number of aryl methyl sites for hydroxylation is 1. The van der Waals surface area contributed by atoms with Gasteiger partial charge in [-0.25, -0.2) is 0 Å². The molecular weight excluding hydrogens is 222 g/mol. The molecule has 62 valence electrons. The maximum absolute atomic E-state index is 9.39. The maximum Gasteiger partial charge on any atom is 0.132 e. The predicted octanol–water partition coefficient (Wildman–Crippen LogP) is 1.73. The highest BCUT2D eigenvalue weighted by Gasteiger charge is 2.09. The third kappa shape index (κ3) is 0.896.